The molecule has 0 spiro atoms. The number of likely N-dealkylation sites (tertiary alicyclic amines) is 1. The second kappa shape index (κ2) is 7.61. The van der Waals surface area contributed by atoms with Crippen molar-refractivity contribution in [2.45, 2.75) is 38.6 Å². The van der Waals surface area contributed by atoms with Gasteiger partial charge in [-0.15, -0.1) is 0 Å². The van der Waals surface area contributed by atoms with Crippen LogP contribution in [0.25, 0.3) is 0 Å². The van der Waals surface area contributed by atoms with Gasteiger partial charge in [-0.3, -0.25) is 4.79 Å². The molecule has 0 aliphatic carbocycles. The summed E-state index contributed by atoms with van der Waals surface area (Å²) in [6.07, 6.45) is 5.33. The van der Waals surface area contributed by atoms with Crippen LogP contribution in [-0.4, -0.2) is 46.6 Å². The molecule has 1 atom stereocenters. The highest BCUT2D eigenvalue weighted by molar-refractivity contribution is 6.33. The summed E-state index contributed by atoms with van der Waals surface area (Å²) in [5, 5.41) is 13.0. The molecule has 0 saturated carbocycles. The van der Waals surface area contributed by atoms with Crippen molar-refractivity contribution < 1.29 is 9.90 Å². The average molecular weight is 312 g/mol. The molecule has 1 aliphatic rings. The van der Waals surface area contributed by atoms with Crippen molar-refractivity contribution in [2.75, 3.05) is 25.0 Å². The van der Waals surface area contributed by atoms with Crippen LogP contribution in [0.2, 0.25) is 5.02 Å². The molecular weight excluding hydrogens is 290 g/mol. The molecule has 1 aromatic heterocycles. The molecule has 0 bridgehead atoms. The fourth-order valence-corrected chi connectivity index (χ4v) is 2.75. The lowest BCUT2D eigenvalue weighted by atomic mass is 10.0. The Morgan fingerprint density at radius 2 is 2.38 bits per heavy atom. The number of pyridine rings is 1. The highest BCUT2D eigenvalue weighted by Gasteiger charge is 2.28. The topological polar surface area (TPSA) is 65.5 Å². The highest BCUT2D eigenvalue weighted by atomic mass is 35.5. The van der Waals surface area contributed by atoms with E-state index in [2.05, 4.69) is 17.2 Å². The van der Waals surface area contributed by atoms with E-state index in [0.29, 0.717) is 22.9 Å². The number of hydrogen-bond acceptors (Lipinski definition) is 4. The van der Waals surface area contributed by atoms with Gasteiger partial charge in [-0.25, -0.2) is 4.98 Å². The number of aromatic nitrogens is 1. The van der Waals surface area contributed by atoms with E-state index in [-0.39, 0.29) is 18.6 Å². The SMILES string of the molecule is CCCNc1cc(C(=O)N2CCCCC2CO)c(Cl)cn1. The van der Waals surface area contributed by atoms with Crippen LogP contribution in [0.15, 0.2) is 12.3 Å². The number of amides is 1. The van der Waals surface area contributed by atoms with Crippen LogP contribution in [0.1, 0.15) is 43.0 Å². The number of piperidine rings is 1. The van der Waals surface area contributed by atoms with E-state index < -0.39 is 0 Å². The number of aliphatic hydroxyl groups is 1. The molecule has 5 nitrogen and oxygen atoms in total. The fraction of sp³-hybridized carbons (Fsp3) is 0.600. The smallest absolute Gasteiger partial charge is 0.255 e. The van der Waals surface area contributed by atoms with Crippen molar-refractivity contribution in [3.63, 3.8) is 0 Å². The molecule has 21 heavy (non-hydrogen) atoms. The minimum Gasteiger partial charge on any atom is -0.394 e. The lowest BCUT2D eigenvalue weighted by Gasteiger charge is -2.34. The average Bonchev–Trinajstić information content (AvgIpc) is 2.53. The largest absolute Gasteiger partial charge is 0.394 e. The zero-order valence-electron chi connectivity index (χ0n) is 12.3. The van der Waals surface area contributed by atoms with Crippen LogP contribution in [0.3, 0.4) is 0 Å². The maximum atomic E-state index is 12.7. The van der Waals surface area contributed by atoms with Crippen LogP contribution in [0, 0.1) is 0 Å². The molecule has 6 heteroatoms. The van der Waals surface area contributed by atoms with Crippen molar-refractivity contribution in [1.29, 1.82) is 0 Å². The number of halogens is 1. The third-order valence-corrected chi connectivity index (χ3v) is 4.04. The van der Waals surface area contributed by atoms with Gasteiger partial charge in [0, 0.05) is 19.3 Å². The Morgan fingerprint density at radius 3 is 3.10 bits per heavy atom. The Balaban J connectivity index is 2.20. The predicted octanol–water partition coefficient (Wildman–Crippen LogP) is 2.54. The number of anilines is 1. The first-order valence-electron chi connectivity index (χ1n) is 7.48. The summed E-state index contributed by atoms with van der Waals surface area (Å²) in [6, 6.07) is 1.59. The summed E-state index contributed by atoms with van der Waals surface area (Å²) in [4.78, 5) is 18.6. The van der Waals surface area contributed by atoms with Crippen molar-refractivity contribution in [1.82, 2.24) is 9.88 Å². The molecule has 2 rings (SSSR count). The van der Waals surface area contributed by atoms with Gasteiger partial charge >= 0.3 is 0 Å². The second-order valence-corrected chi connectivity index (χ2v) is 5.71. The number of rotatable bonds is 5. The van der Waals surface area contributed by atoms with Gasteiger partial charge in [-0.2, -0.15) is 0 Å². The summed E-state index contributed by atoms with van der Waals surface area (Å²) in [7, 11) is 0. The van der Waals surface area contributed by atoms with Gasteiger partial charge in [0.2, 0.25) is 0 Å². The zero-order chi connectivity index (χ0) is 15.2. The van der Waals surface area contributed by atoms with E-state index in [9.17, 15) is 9.90 Å². The summed E-state index contributed by atoms with van der Waals surface area (Å²) in [6.45, 7) is 3.52. The lowest BCUT2D eigenvalue weighted by molar-refractivity contribution is 0.0503. The van der Waals surface area contributed by atoms with E-state index in [1.807, 2.05) is 0 Å². The van der Waals surface area contributed by atoms with E-state index in [1.54, 1.807) is 11.0 Å². The van der Waals surface area contributed by atoms with E-state index >= 15 is 0 Å². The Hall–Kier alpha value is -1.33. The first-order chi connectivity index (χ1) is 10.2. The summed E-state index contributed by atoms with van der Waals surface area (Å²) in [5.41, 5.74) is 0.450. The minimum absolute atomic E-state index is 0.00458. The first-order valence-corrected chi connectivity index (χ1v) is 7.86. The molecule has 0 radical (unpaired) electrons. The third-order valence-electron chi connectivity index (χ3n) is 3.74. The maximum absolute atomic E-state index is 12.7. The van der Waals surface area contributed by atoms with Crippen LogP contribution in [0.4, 0.5) is 5.82 Å². The van der Waals surface area contributed by atoms with Gasteiger partial charge in [-0.1, -0.05) is 18.5 Å². The Kier molecular flexibility index (Phi) is 5.82. The molecule has 1 amide bonds. The van der Waals surface area contributed by atoms with Crippen LogP contribution >= 0.6 is 11.6 Å². The molecule has 1 fully saturated rings. The highest BCUT2D eigenvalue weighted by Crippen LogP contribution is 2.24. The van der Waals surface area contributed by atoms with Gasteiger partial charge < -0.3 is 15.3 Å². The van der Waals surface area contributed by atoms with Gasteiger partial charge in [0.1, 0.15) is 5.82 Å². The molecule has 1 aromatic rings. The third kappa shape index (κ3) is 3.86. The standard InChI is InChI=1S/C15H22ClN3O2/c1-2-6-17-14-8-12(13(16)9-18-14)15(21)19-7-4-3-5-11(19)10-20/h8-9,11,20H,2-7,10H2,1H3,(H,17,18). The summed E-state index contributed by atoms with van der Waals surface area (Å²) in [5.74, 6) is 0.530. The van der Waals surface area contributed by atoms with Crippen molar-refractivity contribution in [3.8, 4) is 0 Å². The van der Waals surface area contributed by atoms with Gasteiger partial charge in [0.25, 0.3) is 5.91 Å². The normalized spacial score (nSPS) is 18.6. The summed E-state index contributed by atoms with van der Waals surface area (Å²) < 4.78 is 0. The van der Waals surface area contributed by atoms with E-state index in [4.69, 9.17) is 11.6 Å². The van der Waals surface area contributed by atoms with Crippen molar-refractivity contribution >= 4 is 23.3 Å². The minimum atomic E-state index is -0.124. The lowest BCUT2D eigenvalue weighted by Crippen LogP contribution is -2.45. The molecule has 0 aromatic carbocycles. The number of hydrogen-bond donors (Lipinski definition) is 2. The fourth-order valence-electron chi connectivity index (χ4n) is 2.56. The predicted molar refractivity (Wildman–Crippen MR) is 83.8 cm³/mol. The number of nitrogens with one attached hydrogen (secondary N) is 1. The number of carbonyl (C=O) groups excluding carboxylic acids is 1. The molecule has 1 aliphatic heterocycles. The zero-order valence-corrected chi connectivity index (χ0v) is 13.1. The first kappa shape index (κ1) is 16.0. The van der Waals surface area contributed by atoms with Crippen LogP contribution < -0.4 is 5.32 Å². The number of aliphatic hydroxyl groups excluding tert-OH is 1. The molecule has 2 heterocycles. The van der Waals surface area contributed by atoms with Crippen molar-refractivity contribution in [3.05, 3.63) is 22.8 Å². The van der Waals surface area contributed by atoms with Gasteiger partial charge in [0.05, 0.1) is 23.2 Å². The second-order valence-electron chi connectivity index (χ2n) is 5.31. The molecule has 1 saturated heterocycles. The quantitative estimate of drug-likeness (QED) is 0.877. The Bertz CT molecular complexity index is 496. The van der Waals surface area contributed by atoms with E-state index in [0.717, 1.165) is 32.2 Å². The Labute approximate surface area is 130 Å². The number of nitrogens with zero attached hydrogens (tertiary/aromatic N) is 2. The van der Waals surface area contributed by atoms with Crippen LogP contribution in [0.5, 0.6) is 0 Å². The number of carbonyl (C=O) groups is 1. The molecule has 1 unspecified atom stereocenters. The van der Waals surface area contributed by atoms with Crippen LogP contribution in [-0.2, 0) is 0 Å². The Morgan fingerprint density at radius 1 is 1.57 bits per heavy atom. The molecule has 116 valence electrons. The van der Waals surface area contributed by atoms with Gasteiger partial charge in [0.15, 0.2) is 0 Å². The van der Waals surface area contributed by atoms with Crippen molar-refractivity contribution in [2.24, 2.45) is 0 Å². The monoisotopic (exact) mass is 311 g/mol. The van der Waals surface area contributed by atoms with Gasteiger partial charge in [-0.05, 0) is 31.7 Å². The maximum Gasteiger partial charge on any atom is 0.255 e. The molecular formula is C15H22ClN3O2. The summed E-state index contributed by atoms with van der Waals surface area (Å²) >= 11 is 6.13. The molecule has 2 N–H and O–H groups in total. The van der Waals surface area contributed by atoms with E-state index in [1.165, 1.54) is 6.20 Å².